The summed E-state index contributed by atoms with van der Waals surface area (Å²) in [6.45, 7) is 3.82. The molecule has 2 aromatic carbocycles. The standard InChI is InChI=1S/C16H17FO2/c1-11(2)19-14-6-4-13(5-7-14)15-9-12(10-18)3-8-16(15)17/h3-9,11,18H,10H2,1-2H3. The van der Waals surface area contributed by atoms with Crippen molar-refractivity contribution in [3.05, 3.63) is 53.8 Å². The van der Waals surface area contributed by atoms with Gasteiger partial charge in [0.05, 0.1) is 12.7 Å². The molecule has 2 aromatic rings. The predicted octanol–water partition coefficient (Wildman–Crippen LogP) is 3.77. The molecule has 0 amide bonds. The van der Waals surface area contributed by atoms with Gasteiger partial charge in [-0.2, -0.15) is 0 Å². The van der Waals surface area contributed by atoms with E-state index in [1.807, 2.05) is 38.1 Å². The zero-order valence-electron chi connectivity index (χ0n) is 11.1. The molecular formula is C16H17FO2. The maximum Gasteiger partial charge on any atom is 0.131 e. The lowest BCUT2D eigenvalue weighted by atomic mass is 10.0. The highest BCUT2D eigenvalue weighted by atomic mass is 19.1. The van der Waals surface area contributed by atoms with Crippen molar-refractivity contribution in [1.29, 1.82) is 0 Å². The van der Waals surface area contributed by atoms with Gasteiger partial charge in [0, 0.05) is 5.56 Å². The SMILES string of the molecule is CC(C)Oc1ccc(-c2cc(CO)ccc2F)cc1. The molecule has 0 radical (unpaired) electrons. The van der Waals surface area contributed by atoms with Gasteiger partial charge in [-0.05, 0) is 49.2 Å². The van der Waals surface area contributed by atoms with Crippen LogP contribution < -0.4 is 4.74 Å². The number of halogens is 1. The van der Waals surface area contributed by atoms with Crippen LogP contribution in [0.5, 0.6) is 5.75 Å². The summed E-state index contributed by atoms with van der Waals surface area (Å²) in [5, 5.41) is 9.10. The molecule has 0 spiro atoms. The summed E-state index contributed by atoms with van der Waals surface area (Å²) in [5.41, 5.74) is 1.95. The van der Waals surface area contributed by atoms with Crippen molar-refractivity contribution in [3.63, 3.8) is 0 Å². The van der Waals surface area contributed by atoms with Crippen LogP contribution in [0.2, 0.25) is 0 Å². The first-order valence-corrected chi connectivity index (χ1v) is 6.26. The third-order valence-corrected chi connectivity index (χ3v) is 2.75. The average Bonchev–Trinajstić information content (AvgIpc) is 2.40. The second kappa shape index (κ2) is 5.85. The molecule has 0 aliphatic rings. The van der Waals surface area contributed by atoms with Crippen LogP contribution in [0, 0.1) is 5.82 Å². The van der Waals surface area contributed by atoms with Crippen LogP contribution in [0.4, 0.5) is 4.39 Å². The first-order chi connectivity index (χ1) is 9.10. The van der Waals surface area contributed by atoms with E-state index in [4.69, 9.17) is 9.84 Å². The van der Waals surface area contributed by atoms with E-state index in [0.717, 1.165) is 11.3 Å². The van der Waals surface area contributed by atoms with Crippen molar-refractivity contribution in [3.8, 4) is 16.9 Å². The quantitative estimate of drug-likeness (QED) is 0.906. The Hall–Kier alpha value is -1.87. The second-order valence-corrected chi connectivity index (χ2v) is 4.66. The van der Waals surface area contributed by atoms with Crippen molar-refractivity contribution in [2.75, 3.05) is 0 Å². The second-order valence-electron chi connectivity index (χ2n) is 4.66. The maximum atomic E-state index is 13.8. The van der Waals surface area contributed by atoms with Gasteiger partial charge >= 0.3 is 0 Å². The Labute approximate surface area is 112 Å². The lowest BCUT2D eigenvalue weighted by molar-refractivity contribution is 0.242. The molecule has 2 rings (SSSR count). The zero-order valence-corrected chi connectivity index (χ0v) is 11.1. The molecule has 0 fully saturated rings. The molecule has 0 heterocycles. The van der Waals surface area contributed by atoms with Crippen molar-refractivity contribution in [2.45, 2.75) is 26.6 Å². The molecule has 100 valence electrons. The summed E-state index contributed by atoms with van der Waals surface area (Å²) < 4.78 is 19.3. The number of hydrogen-bond donors (Lipinski definition) is 1. The highest BCUT2D eigenvalue weighted by Gasteiger charge is 2.07. The fraction of sp³-hybridized carbons (Fsp3) is 0.250. The number of hydrogen-bond acceptors (Lipinski definition) is 2. The van der Waals surface area contributed by atoms with Crippen molar-refractivity contribution >= 4 is 0 Å². The molecular weight excluding hydrogens is 243 g/mol. The molecule has 0 atom stereocenters. The number of aliphatic hydroxyl groups excluding tert-OH is 1. The van der Waals surface area contributed by atoms with Crippen molar-refractivity contribution < 1.29 is 14.2 Å². The molecule has 2 nitrogen and oxygen atoms in total. The zero-order chi connectivity index (χ0) is 13.8. The first-order valence-electron chi connectivity index (χ1n) is 6.26. The number of rotatable bonds is 4. The molecule has 0 unspecified atom stereocenters. The molecule has 0 bridgehead atoms. The summed E-state index contributed by atoms with van der Waals surface area (Å²) in [7, 11) is 0. The molecule has 19 heavy (non-hydrogen) atoms. The van der Waals surface area contributed by atoms with Crippen LogP contribution >= 0.6 is 0 Å². The summed E-state index contributed by atoms with van der Waals surface area (Å²) in [4.78, 5) is 0. The molecule has 0 saturated heterocycles. The van der Waals surface area contributed by atoms with Gasteiger partial charge in [-0.3, -0.25) is 0 Å². The van der Waals surface area contributed by atoms with Gasteiger partial charge in [0.1, 0.15) is 11.6 Å². The van der Waals surface area contributed by atoms with Crippen molar-refractivity contribution in [1.82, 2.24) is 0 Å². The van der Waals surface area contributed by atoms with Crippen LogP contribution in [-0.2, 0) is 6.61 Å². The van der Waals surface area contributed by atoms with E-state index < -0.39 is 0 Å². The van der Waals surface area contributed by atoms with Crippen LogP contribution in [0.25, 0.3) is 11.1 Å². The summed E-state index contributed by atoms with van der Waals surface area (Å²) in [6, 6.07) is 11.9. The Morgan fingerprint density at radius 3 is 2.37 bits per heavy atom. The van der Waals surface area contributed by atoms with Gasteiger partial charge < -0.3 is 9.84 Å². The Morgan fingerprint density at radius 1 is 1.11 bits per heavy atom. The fourth-order valence-electron chi connectivity index (χ4n) is 1.88. The van der Waals surface area contributed by atoms with Crippen LogP contribution in [0.3, 0.4) is 0 Å². The van der Waals surface area contributed by atoms with Crippen LogP contribution in [0.1, 0.15) is 19.4 Å². The summed E-state index contributed by atoms with van der Waals surface area (Å²) in [5.74, 6) is 0.465. The third-order valence-electron chi connectivity index (χ3n) is 2.75. The minimum absolute atomic E-state index is 0.0954. The van der Waals surface area contributed by atoms with E-state index in [1.54, 1.807) is 12.1 Å². The van der Waals surface area contributed by atoms with Gasteiger partial charge in [-0.25, -0.2) is 4.39 Å². The Balaban J connectivity index is 2.31. The molecule has 1 N–H and O–H groups in total. The topological polar surface area (TPSA) is 29.5 Å². The smallest absolute Gasteiger partial charge is 0.131 e. The largest absolute Gasteiger partial charge is 0.491 e. The van der Waals surface area contributed by atoms with E-state index in [0.29, 0.717) is 11.1 Å². The fourth-order valence-corrected chi connectivity index (χ4v) is 1.88. The molecule has 0 aliphatic heterocycles. The van der Waals surface area contributed by atoms with Gasteiger partial charge in [0.2, 0.25) is 0 Å². The highest BCUT2D eigenvalue weighted by molar-refractivity contribution is 5.65. The first kappa shape index (κ1) is 13.6. The average molecular weight is 260 g/mol. The third kappa shape index (κ3) is 3.32. The van der Waals surface area contributed by atoms with Crippen molar-refractivity contribution in [2.24, 2.45) is 0 Å². The summed E-state index contributed by atoms with van der Waals surface area (Å²) >= 11 is 0. The number of aliphatic hydroxyl groups is 1. The van der Waals surface area contributed by atoms with E-state index in [2.05, 4.69) is 0 Å². The molecule has 0 saturated carbocycles. The lowest BCUT2D eigenvalue weighted by Crippen LogP contribution is -2.05. The van der Waals surface area contributed by atoms with E-state index in [-0.39, 0.29) is 18.5 Å². The van der Waals surface area contributed by atoms with E-state index in [1.165, 1.54) is 6.07 Å². The Morgan fingerprint density at radius 2 is 1.79 bits per heavy atom. The molecule has 0 aromatic heterocycles. The van der Waals surface area contributed by atoms with Gasteiger partial charge in [-0.15, -0.1) is 0 Å². The molecule has 0 aliphatic carbocycles. The number of benzene rings is 2. The van der Waals surface area contributed by atoms with E-state index in [9.17, 15) is 4.39 Å². The minimum Gasteiger partial charge on any atom is -0.491 e. The van der Waals surface area contributed by atoms with Crippen LogP contribution in [-0.4, -0.2) is 11.2 Å². The minimum atomic E-state index is -0.297. The van der Waals surface area contributed by atoms with Gasteiger partial charge in [0.15, 0.2) is 0 Å². The van der Waals surface area contributed by atoms with Crippen LogP contribution in [0.15, 0.2) is 42.5 Å². The summed E-state index contributed by atoms with van der Waals surface area (Å²) in [6.07, 6.45) is 0.111. The number of ether oxygens (including phenoxy) is 1. The van der Waals surface area contributed by atoms with Gasteiger partial charge in [-0.1, -0.05) is 18.2 Å². The Kier molecular flexibility index (Phi) is 4.17. The maximum absolute atomic E-state index is 13.8. The Bertz CT molecular complexity index is 547. The van der Waals surface area contributed by atoms with Gasteiger partial charge in [0.25, 0.3) is 0 Å². The molecule has 3 heteroatoms. The monoisotopic (exact) mass is 260 g/mol. The predicted molar refractivity (Wildman–Crippen MR) is 73.5 cm³/mol. The van der Waals surface area contributed by atoms with E-state index >= 15 is 0 Å². The normalized spacial score (nSPS) is 10.8. The lowest BCUT2D eigenvalue weighted by Gasteiger charge is -2.11. The highest BCUT2D eigenvalue weighted by Crippen LogP contribution is 2.26.